The molecule has 0 bridgehead atoms. The Kier molecular flexibility index (Phi) is 5.58. The van der Waals surface area contributed by atoms with E-state index in [1.165, 1.54) is 22.7 Å². The average molecular weight is 433 g/mol. The minimum atomic E-state index is -0.465. The normalized spacial score (nSPS) is 15.2. The van der Waals surface area contributed by atoms with Crippen LogP contribution in [-0.4, -0.2) is 33.9 Å². The van der Waals surface area contributed by atoms with Gasteiger partial charge in [-0.25, -0.2) is 9.97 Å². The van der Waals surface area contributed by atoms with Crippen molar-refractivity contribution in [1.82, 2.24) is 14.9 Å². The first-order valence-corrected chi connectivity index (χ1v) is 11.2. The van der Waals surface area contributed by atoms with Crippen LogP contribution in [-0.2, 0) is 6.42 Å². The quantitative estimate of drug-likeness (QED) is 0.440. The molecule has 5 heteroatoms. The summed E-state index contributed by atoms with van der Waals surface area (Å²) in [4.78, 5) is 23.6. The molecule has 1 aromatic heterocycles. The molecule has 0 saturated carbocycles. The average Bonchev–Trinajstić information content (AvgIpc) is 2.89. The van der Waals surface area contributed by atoms with Crippen LogP contribution in [0.1, 0.15) is 28.8 Å². The molecule has 0 aliphatic carbocycles. The SMILES string of the molecule is N#CC1(Cc2cccc3ccccc23)CCN(C(=O)c2ccccc2-c2ccncn2)CC1. The van der Waals surface area contributed by atoms with E-state index in [0.29, 0.717) is 37.9 Å². The van der Waals surface area contributed by atoms with E-state index in [2.05, 4.69) is 46.4 Å². The lowest BCUT2D eigenvalue weighted by molar-refractivity contribution is 0.0648. The van der Waals surface area contributed by atoms with Crippen LogP contribution in [0.3, 0.4) is 0 Å². The van der Waals surface area contributed by atoms with Gasteiger partial charge in [0.1, 0.15) is 6.33 Å². The molecular formula is C28H24N4O. The summed E-state index contributed by atoms with van der Waals surface area (Å²) in [5.74, 6) is -0.0130. The minimum absolute atomic E-state index is 0.0130. The van der Waals surface area contributed by atoms with E-state index in [-0.39, 0.29) is 5.91 Å². The number of nitrogens with zero attached hydrogens (tertiary/aromatic N) is 4. The monoisotopic (exact) mass is 432 g/mol. The largest absolute Gasteiger partial charge is 0.339 e. The van der Waals surface area contributed by atoms with Crippen LogP contribution in [0.15, 0.2) is 85.3 Å². The molecule has 0 N–H and O–H groups in total. The maximum absolute atomic E-state index is 13.4. The first-order chi connectivity index (χ1) is 16.2. The lowest BCUT2D eigenvalue weighted by atomic mass is 9.74. The summed E-state index contributed by atoms with van der Waals surface area (Å²) in [6, 6.07) is 26.6. The lowest BCUT2D eigenvalue weighted by Gasteiger charge is -2.38. The molecular weight excluding hydrogens is 408 g/mol. The molecule has 3 aromatic carbocycles. The summed E-state index contributed by atoms with van der Waals surface area (Å²) in [6.45, 7) is 1.13. The van der Waals surface area contributed by atoms with E-state index in [0.717, 1.165) is 11.3 Å². The molecule has 0 unspecified atom stereocenters. The predicted octanol–water partition coefficient (Wildman–Crippen LogP) is 5.29. The zero-order valence-electron chi connectivity index (χ0n) is 18.3. The van der Waals surface area contributed by atoms with Gasteiger partial charge in [0.25, 0.3) is 5.91 Å². The zero-order chi connectivity index (χ0) is 22.7. The Labute approximate surface area is 193 Å². The maximum atomic E-state index is 13.4. The topological polar surface area (TPSA) is 69.9 Å². The molecule has 2 heterocycles. The van der Waals surface area contributed by atoms with Crippen LogP contribution in [0.25, 0.3) is 22.0 Å². The Morgan fingerprint density at radius 2 is 1.73 bits per heavy atom. The molecule has 1 fully saturated rings. The van der Waals surface area contributed by atoms with Crippen LogP contribution in [0.5, 0.6) is 0 Å². The highest BCUT2D eigenvalue weighted by Gasteiger charge is 2.37. The number of hydrogen-bond donors (Lipinski definition) is 0. The summed E-state index contributed by atoms with van der Waals surface area (Å²) in [6.07, 6.45) is 5.19. The number of carbonyl (C=O) groups excluding carboxylic acids is 1. The zero-order valence-corrected chi connectivity index (χ0v) is 18.3. The van der Waals surface area contributed by atoms with Crippen molar-refractivity contribution in [2.45, 2.75) is 19.3 Å². The van der Waals surface area contributed by atoms with Gasteiger partial charge >= 0.3 is 0 Å². The van der Waals surface area contributed by atoms with Gasteiger partial charge < -0.3 is 4.90 Å². The van der Waals surface area contributed by atoms with Crippen LogP contribution in [0.2, 0.25) is 0 Å². The summed E-state index contributed by atoms with van der Waals surface area (Å²) in [5.41, 5.74) is 2.90. The molecule has 33 heavy (non-hydrogen) atoms. The number of fused-ring (bicyclic) bond motifs is 1. The summed E-state index contributed by atoms with van der Waals surface area (Å²) >= 11 is 0. The van der Waals surface area contributed by atoms with Crippen LogP contribution in [0.4, 0.5) is 0 Å². The van der Waals surface area contributed by atoms with Gasteiger partial charge in [-0.15, -0.1) is 0 Å². The Bertz CT molecular complexity index is 1330. The third-order valence-corrected chi connectivity index (χ3v) is 6.67. The van der Waals surface area contributed by atoms with Gasteiger partial charge in [0.2, 0.25) is 0 Å². The summed E-state index contributed by atoms with van der Waals surface area (Å²) in [7, 11) is 0. The molecule has 5 rings (SSSR count). The number of likely N-dealkylation sites (tertiary alicyclic amines) is 1. The van der Waals surface area contributed by atoms with E-state index < -0.39 is 5.41 Å². The van der Waals surface area contributed by atoms with Gasteiger partial charge in [0.15, 0.2) is 0 Å². The highest BCUT2D eigenvalue weighted by Crippen LogP contribution is 2.37. The molecule has 1 amide bonds. The van der Waals surface area contributed by atoms with Gasteiger partial charge in [-0.05, 0) is 47.7 Å². The highest BCUT2D eigenvalue weighted by molar-refractivity contribution is 6.00. The van der Waals surface area contributed by atoms with Crippen molar-refractivity contribution in [2.75, 3.05) is 13.1 Å². The number of nitriles is 1. The molecule has 1 saturated heterocycles. The number of rotatable bonds is 4. The molecule has 0 atom stereocenters. The van der Waals surface area contributed by atoms with E-state index in [9.17, 15) is 10.1 Å². The van der Waals surface area contributed by atoms with E-state index in [1.54, 1.807) is 6.20 Å². The van der Waals surface area contributed by atoms with E-state index in [4.69, 9.17) is 0 Å². The number of aromatic nitrogens is 2. The van der Waals surface area contributed by atoms with Crippen molar-refractivity contribution in [3.8, 4) is 17.3 Å². The van der Waals surface area contributed by atoms with Gasteiger partial charge in [-0.2, -0.15) is 5.26 Å². The third kappa shape index (κ3) is 4.08. The molecule has 1 aliphatic rings. The Hall–Kier alpha value is -4.04. The third-order valence-electron chi connectivity index (χ3n) is 6.67. The highest BCUT2D eigenvalue weighted by atomic mass is 16.2. The number of benzene rings is 3. The Morgan fingerprint density at radius 1 is 0.970 bits per heavy atom. The predicted molar refractivity (Wildman–Crippen MR) is 128 cm³/mol. The van der Waals surface area contributed by atoms with Crippen molar-refractivity contribution in [1.29, 1.82) is 5.26 Å². The second kappa shape index (κ2) is 8.84. The molecule has 162 valence electrons. The minimum Gasteiger partial charge on any atom is -0.339 e. The first kappa shape index (κ1) is 20.8. The molecule has 5 nitrogen and oxygen atoms in total. The van der Waals surface area contributed by atoms with Gasteiger partial charge in [0.05, 0.1) is 17.2 Å². The number of amides is 1. The van der Waals surface area contributed by atoms with Crippen LogP contribution in [0, 0.1) is 16.7 Å². The van der Waals surface area contributed by atoms with Crippen molar-refractivity contribution in [2.24, 2.45) is 5.41 Å². The van der Waals surface area contributed by atoms with E-state index >= 15 is 0 Å². The fourth-order valence-corrected chi connectivity index (χ4v) is 4.79. The Balaban J connectivity index is 1.36. The molecule has 4 aromatic rings. The van der Waals surface area contributed by atoms with Crippen molar-refractivity contribution < 1.29 is 4.79 Å². The van der Waals surface area contributed by atoms with Crippen molar-refractivity contribution in [3.63, 3.8) is 0 Å². The summed E-state index contributed by atoms with van der Waals surface area (Å²) in [5, 5.41) is 12.5. The second-order valence-electron chi connectivity index (χ2n) is 8.64. The first-order valence-electron chi connectivity index (χ1n) is 11.2. The smallest absolute Gasteiger partial charge is 0.254 e. The van der Waals surface area contributed by atoms with Gasteiger partial charge in [0, 0.05) is 30.4 Å². The number of hydrogen-bond acceptors (Lipinski definition) is 4. The lowest BCUT2D eigenvalue weighted by Crippen LogP contribution is -2.43. The molecule has 1 aliphatic heterocycles. The van der Waals surface area contributed by atoms with Crippen LogP contribution < -0.4 is 0 Å². The fraction of sp³-hybridized carbons (Fsp3) is 0.214. The standard InChI is InChI=1S/C28H24N4O/c29-19-28(18-22-8-5-7-21-6-1-2-9-23(21)22)13-16-32(17-14-28)27(33)25-11-4-3-10-24(25)26-12-15-30-20-31-26/h1-12,15,20H,13-14,16-18H2. The fourth-order valence-electron chi connectivity index (χ4n) is 4.79. The molecule has 0 spiro atoms. The Morgan fingerprint density at radius 3 is 2.52 bits per heavy atom. The maximum Gasteiger partial charge on any atom is 0.254 e. The van der Waals surface area contributed by atoms with Crippen molar-refractivity contribution in [3.05, 3.63) is 96.4 Å². The summed E-state index contributed by atoms with van der Waals surface area (Å²) < 4.78 is 0. The van der Waals surface area contributed by atoms with E-state index in [1.807, 2.05) is 47.4 Å². The number of carbonyl (C=O) groups is 1. The van der Waals surface area contributed by atoms with Gasteiger partial charge in [-0.3, -0.25) is 4.79 Å². The van der Waals surface area contributed by atoms with Crippen molar-refractivity contribution >= 4 is 16.7 Å². The van der Waals surface area contributed by atoms with Crippen LogP contribution >= 0.6 is 0 Å². The number of piperidine rings is 1. The molecule has 0 radical (unpaired) electrons. The second-order valence-corrected chi connectivity index (χ2v) is 8.64. The van der Waals surface area contributed by atoms with Gasteiger partial charge in [-0.1, -0.05) is 60.7 Å².